The molecule has 1 fully saturated rings. The first-order valence-corrected chi connectivity index (χ1v) is 7.11. The van der Waals surface area contributed by atoms with Crippen LogP contribution >= 0.6 is 0 Å². The van der Waals surface area contributed by atoms with Gasteiger partial charge in [-0.1, -0.05) is 0 Å². The molecule has 10 nitrogen and oxygen atoms in total. The molecule has 2 aromatic rings. The quantitative estimate of drug-likeness (QED) is 0.511. The van der Waals surface area contributed by atoms with Gasteiger partial charge in [0.2, 0.25) is 0 Å². The Labute approximate surface area is 131 Å². The van der Waals surface area contributed by atoms with Gasteiger partial charge in [-0.25, -0.2) is 15.0 Å². The van der Waals surface area contributed by atoms with Crippen LogP contribution in [0.4, 0.5) is 5.82 Å². The SMILES string of the molecule is COCC[C@@]1(O)[C@H](O)[C@@H](CO)O[C@H]1n1cnc2c(N)ncnc21. The van der Waals surface area contributed by atoms with Gasteiger partial charge in [0.1, 0.15) is 29.7 Å². The summed E-state index contributed by atoms with van der Waals surface area (Å²) in [5, 5.41) is 30.7. The molecule has 1 saturated heterocycles. The second kappa shape index (κ2) is 5.98. The van der Waals surface area contributed by atoms with Gasteiger partial charge >= 0.3 is 0 Å². The average molecular weight is 325 g/mol. The minimum Gasteiger partial charge on any atom is -0.394 e. The molecule has 2 aromatic heterocycles. The highest BCUT2D eigenvalue weighted by atomic mass is 16.6. The molecule has 0 saturated carbocycles. The summed E-state index contributed by atoms with van der Waals surface area (Å²) in [6.07, 6.45) is -0.429. The highest BCUT2D eigenvalue weighted by molar-refractivity contribution is 5.81. The monoisotopic (exact) mass is 325 g/mol. The van der Waals surface area contributed by atoms with Gasteiger partial charge < -0.3 is 30.5 Å². The molecule has 3 rings (SSSR count). The molecule has 5 N–H and O–H groups in total. The van der Waals surface area contributed by atoms with Crippen molar-refractivity contribution in [3.8, 4) is 0 Å². The molecule has 0 unspecified atom stereocenters. The maximum atomic E-state index is 11.0. The van der Waals surface area contributed by atoms with E-state index in [-0.39, 0.29) is 18.8 Å². The predicted octanol–water partition coefficient (Wildman–Crippen LogP) is -1.57. The van der Waals surface area contributed by atoms with Gasteiger partial charge in [-0.3, -0.25) is 4.57 Å². The Morgan fingerprint density at radius 2 is 2.22 bits per heavy atom. The minimum absolute atomic E-state index is 0.103. The maximum Gasteiger partial charge on any atom is 0.168 e. The molecule has 0 aromatic carbocycles. The van der Waals surface area contributed by atoms with Crippen molar-refractivity contribution in [3.05, 3.63) is 12.7 Å². The van der Waals surface area contributed by atoms with E-state index in [0.29, 0.717) is 11.2 Å². The molecule has 0 radical (unpaired) electrons. The Hall–Kier alpha value is -1.85. The minimum atomic E-state index is -1.67. The third-order valence-corrected chi connectivity index (χ3v) is 4.12. The van der Waals surface area contributed by atoms with Crippen molar-refractivity contribution in [1.82, 2.24) is 19.5 Å². The van der Waals surface area contributed by atoms with Crippen LogP contribution in [0.15, 0.2) is 12.7 Å². The molecular weight excluding hydrogens is 306 g/mol. The van der Waals surface area contributed by atoms with Gasteiger partial charge in [0, 0.05) is 20.1 Å². The van der Waals surface area contributed by atoms with Crippen molar-refractivity contribution in [2.75, 3.05) is 26.1 Å². The predicted molar refractivity (Wildman–Crippen MR) is 78.2 cm³/mol. The molecule has 0 aliphatic carbocycles. The van der Waals surface area contributed by atoms with Crippen LogP contribution in [0.2, 0.25) is 0 Å². The largest absolute Gasteiger partial charge is 0.394 e. The van der Waals surface area contributed by atoms with Crippen LogP contribution in [0.1, 0.15) is 12.6 Å². The zero-order valence-corrected chi connectivity index (χ0v) is 12.5. The van der Waals surface area contributed by atoms with Crippen LogP contribution in [0.25, 0.3) is 11.2 Å². The summed E-state index contributed by atoms with van der Waals surface area (Å²) in [6.45, 7) is -0.230. The second-order valence-corrected chi connectivity index (χ2v) is 5.47. The van der Waals surface area contributed by atoms with Gasteiger partial charge in [0.25, 0.3) is 0 Å². The molecule has 23 heavy (non-hydrogen) atoms. The Kier molecular flexibility index (Phi) is 4.17. The lowest BCUT2D eigenvalue weighted by Gasteiger charge is -2.31. The summed E-state index contributed by atoms with van der Waals surface area (Å²) in [7, 11) is 1.49. The van der Waals surface area contributed by atoms with Gasteiger partial charge in [-0.15, -0.1) is 0 Å². The number of fused-ring (bicyclic) bond motifs is 1. The number of aliphatic hydroxyl groups excluding tert-OH is 2. The number of nitrogen functional groups attached to an aromatic ring is 1. The first-order chi connectivity index (χ1) is 11.0. The van der Waals surface area contributed by atoms with Crippen LogP contribution in [0.3, 0.4) is 0 Å². The van der Waals surface area contributed by atoms with Crippen molar-refractivity contribution < 1.29 is 24.8 Å². The summed E-state index contributed by atoms with van der Waals surface area (Å²) in [5.74, 6) is 0.200. The number of imidazole rings is 1. The fourth-order valence-electron chi connectivity index (χ4n) is 2.85. The van der Waals surface area contributed by atoms with Crippen molar-refractivity contribution in [3.63, 3.8) is 0 Å². The summed E-state index contributed by atoms with van der Waals surface area (Å²) in [4.78, 5) is 12.1. The number of nitrogens with two attached hydrogens (primary N) is 1. The van der Waals surface area contributed by atoms with Crippen LogP contribution < -0.4 is 5.73 Å². The Balaban J connectivity index is 2.05. The zero-order chi connectivity index (χ0) is 16.6. The standard InChI is InChI=1S/C13H19N5O5/c1-22-3-2-13(21)9(20)7(4-19)23-12(13)18-6-17-8-10(14)15-5-16-11(8)18/h5-7,9,12,19-21H,2-4H2,1H3,(H2,14,15,16)/t7-,9-,12-,13-/m1/s1. The van der Waals surface area contributed by atoms with E-state index in [1.165, 1.54) is 24.3 Å². The third-order valence-electron chi connectivity index (χ3n) is 4.12. The van der Waals surface area contributed by atoms with Gasteiger partial charge in [0.15, 0.2) is 17.7 Å². The maximum absolute atomic E-state index is 11.0. The van der Waals surface area contributed by atoms with E-state index in [4.69, 9.17) is 15.2 Å². The molecule has 0 amide bonds. The van der Waals surface area contributed by atoms with Crippen LogP contribution in [0, 0.1) is 0 Å². The normalized spacial score (nSPS) is 31.0. The van der Waals surface area contributed by atoms with E-state index in [0.717, 1.165) is 0 Å². The van der Waals surface area contributed by atoms with Gasteiger partial charge in [-0.05, 0) is 0 Å². The lowest BCUT2D eigenvalue weighted by Crippen LogP contribution is -2.47. The molecule has 0 bridgehead atoms. The lowest BCUT2D eigenvalue weighted by molar-refractivity contribution is -0.119. The van der Waals surface area contributed by atoms with E-state index in [1.54, 1.807) is 0 Å². The summed E-state index contributed by atoms with van der Waals surface area (Å²) in [5.41, 5.74) is 4.82. The van der Waals surface area contributed by atoms with Crippen LogP contribution in [-0.2, 0) is 9.47 Å². The van der Waals surface area contributed by atoms with Gasteiger partial charge in [0.05, 0.1) is 12.9 Å². The number of rotatable bonds is 5. The summed E-state index contributed by atoms with van der Waals surface area (Å²) in [6, 6.07) is 0. The van der Waals surface area contributed by atoms with E-state index in [2.05, 4.69) is 15.0 Å². The number of aromatic nitrogens is 4. The lowest BCUT2D eigenvalue weighted by atomic mass is 9.90. The average Bonchev–Trinajstić information content (AvgIpc) is 3.07. The highest BCUT2D eigenvalue weighted by Gasteiger charge is 2.56. The Bertz CT molecular complexity index is 694. The van der Waals surface area contributed by atoms with Crippen molar-refractivity contribution in [2.24, 2.45) is 0 Å². The number of hydrogen-bond acceptors (Lipinski definition) is 9. The second-order valence-electron chi connectivity index (χ2n) is 5.47. The molecule has 1 aliphatic rings. The smallest absolute Gasteiger partial charge is 0.168 e. The molecular formula is C13H19N5O5. The van der Waals surface area contributed by atoms with E-state index in [1.807, 2.05) is 0 Å². The van der Waals surface area contributed by atoms with Crippen molar-refractivity contribution >= 4 is 17.0 Å². The van der Waals surface area contributed by atoms with Crippen molar-refractivity contribution in [2.45, 2.75) is 30.5 Å². The molecule has 10 heteroatoms. The van der Waals surface area contributed by atoms with E-state index < -0.39 is 30.6 Å². The number of ether oxygens (including phenoxy) is 2. The van der Waals surface area contributed by atoms with Crippen molar-refractivity contribution in [1.29, 1.82) is 0 Å². The number of anilines is 1. The molecule has 0 spiro atoms. The summed E-state index contributed by atoms with van der Waals surface area (Å²) >= 11 is 0. The number of hydrogen-bond donors (Lipinski definition) is 4. The number of aliphatic hydroxyl groups is 3. The third kappa shape index (κ3) is 2.44. The van der Waals surface area contributed by atoms with Gasteiger partial charge in [-0.2, -0.15) is 0 Å². The Morgan fingerprint density at radius 1 is 1.43 bits per heavy atom. The fourth-order valence-corrected chi connectivity index (χ4v) is 2.85. The first kappa shape index (κ1) is 16.0. The molecule has 4 atom stereocenters. The van der Waals surface area contributed by atoms with Crippen LogP contribution in [-0.4, -0.2) is 73.0 Å². The topological polar surface area (TPSA) is 149 Å². The molecule has 1 aliphatic heterocycles. The molecule has 126 valence electrons. The van der Waals surface area contributed by atoms with E-state index in [9.17, 15) is 15.3 Å². The zero-order valence-electron chi connectivity index (χ0n) is 12.5. The van der Waals surface area contributed by atoms with E-state index >= 15 is 0 Å². The first-order valence-electron chi connectivity index (χ1n) is 7.11. The fraction of sp³-hybridized carbons (Fsp3) is 0.615. The number of nitrogens with zero attached hydrogens (tertiary/aromatic N) is 4. The highest BCUT2D eigenvalue weighted by Crippen LogP contribution is 2.41. The number of methoxy groups -OCH3 is 1. The summed E-state index contributed by atoms with van der Waals surface area (Å²) < 4.78 is 12.1. The Morgan fingerprint density at radius 3 is 2.91 bits per heavy atom. The molecule has 3 heterocycles. The van der Waals surface area contributed by atoms with Crippen LogP contribution in [0.5, 0.6) is 0 Å².